The Balaban J connectivity index is 2.13. The second-order valence-electron chi connectivity index (χ2n) is 3.39. The average molecular weight is 233 g/mol. The minimum absolute atomic E-state index is 0.155. The Morgan fingerprint density at radius 3 is 2.18 bits per heavy atom. The number of carbonyl (C=O) groups excluding carboxylic acids is 2. The summed E-state index contributed by atoms with van der Waals surface area (Å²) in [5, 5.41) is 0. The lowest BCUT2D eigenvalue weighted by Crippen LogP contribution is -2.29. The molecule has 0 aromatic heterocycles. The van der Waals surface area contributed by atoms with Crippen molar-refractivity contribution in [1.29, 1.82) is 0 Å². The number of rotatable bonds is 4. The first-order valence-corrected chi connectivity index (χ1v) is 5.00. The third-order valence-corrected chi connectivity index (χ3v) is 2.25. The van der Waals surface area contributed by atoms with E-state index in [9.17, 15) is 9.59 Å². The Labute approximate surface area is 98.2 Å². The van der Waals surface area contributed by atoms with E-state index < -0.39 is 0 Å². The molecule has 0 N–H and O–H groups in total. The van der Waals surface area contributed by atoms with Crippen LogP contribution in [-0.4, -0.2) is 25.7 Å². The van der Waals surface area contributed by atoms with Crippen LogP contribution in [0, 0.1) is 0 Å². The van der Waals surface area contributed by atoms with Gasteiger partial charge >= 0.3 is 0 Å². The van der Waals surface area contributed by atoms with Crippen molar-refractivity contribution in [2.45, 2.75) is 0 Å². The predicted molar refractivity (Wildman–Crippen MR) is 60.6 cm³/mol. The number of methoxy groups -OCH3 is 1. The van der Waals surface area contributed by atoms with Crippen LogP contribution in [0.5, 0.6) is 5.75 Å². The fourth-order valence-electron chi connectivity index (χ4n) is 1.47. The lowest BCUT2D eigenvalue weighted by atomic mass is 10.3. The molecule has 1 aromatic carbocycles. The van der Waals surface area contributed by atoms with Crippen LogP contribution in [0.15, 0.2) is 36.4 Å². The van der Waals surface area contributed by atoms with Crippen molar-refractivity contribution in [3.8, 4) is 5.75 Å². The summed E-state index contributed by atoms with van der Waals surface area (Å²) < 4.78 is 9.96. The zero-order valence-electron chi connectivity index (χ0n) is 9.25. The summed E-state index contributed by atoms with van der Waals surface area (Å²) in [6, 6.07) is 6.64. The molecule has 5 heteroatoms. The summed E-state index contributed by atoms with van der Waals surface area (Å²) in [7, 11) is 1.53. The van der Waals surface area contributed by atoms with Gasteiger partial charge < -0.3 is 9.47 Å². The number of carbonyl (C=O) groups is 2. The van der Waals surface area contributed by atoms with E-state index in [0.717, 1.165) is 4.90 Å². The first kappa shape index (κ1) is 11.3. The van der Waals surface area contributed by atoms with Crippen LogP contribution in [0.25, 0.3) is 0 Å². The van der Waals surface area contributed by atoms with Gasteiger partial charge in [-0.05, 0) is 24.3 Å². The van der Waals surface area contributed by atoms with Crippen LogP contribution in [0.1, 0.15) is 0 Å². The van der Waals surface area contributed by atoms with E-state index in [2.05, 4.69) is 0 Å². The Bertz CT molecular complexity index is 446. The van der Waals surface area contributed by atoms with Gasteiger partial charge in [0.05, 0.1) is 5.69 Å². The van der Waals surface area contributed by atoms with Crippen LogP contribution in [0.3, 0.4) is 0 Å². The highest BCUT2D eigenvalue weighted by Gasteiger charge is 2.24. The van der Waals surface area contributed by atoms with E-state index in [1.165, 1.54) is 19.3 Å². The van der Waals surface area contributed by atoms with Crippen molar-refractivity contribution in [3.63, 3.8) is 0 Å². The Hall–Kier alpha value is -2.14. The molecule has 0 aliphatic carbocycles. The quantitative estimate of drug-likeness (QED) is 0.577. The number of hydrogen-bond donors (Lipinski definition) is 0. The summed E-state index contributed by atoms with van der Waals surface area (Å²) in [5.74, 6) is -0.0521. The van der Waals surface area contributed by atoms with E-state index >= 15 is 0 Å². The van der Waals surface area contributed by atoms with Crippen LogP contribution < -0.4 is 9.64 Å². The molecule has 1 heterocycles. The van der Waals surface area contributed by atoms with Gasteiger partial charge in [-0.25, -0.2) is 4.90 Å². The first-order valence-electron chi connectivity index (χ1n) is 5.00. The average Bonchev–Trinajstić information content (AvgIpc) is 2.67. The normalized spacial score (nSPS) is 14.5. The monoisotopic (exact) mass is 233 g/mol. The molecular weight excluding hydrogens is 222 g/mol. The van der Waals surface area contributed by atoms with Gasteiger partial charge in [-0.2, -0.15) is 0 Å². The molecule has 0 unspecified atom stereocenters. The van der Waals surface area contributed by atoms with Gasteiger partial charge in [-0.15, -0.1) is 0 Å². The van der Waals surface area contributed by atoms with E-state index in [0.29, 0.717) is 11.4 Å². The van der Waals surface area contributed by atoms with E-state index in [-0.39, 0.29) is 18.6 Å². The number of hydrogen-bond acceptors (Lipinski definition) is 4. The van der Waals surface area contributed by atoms with Crippen molar-refractivity contribution < 1.29 is 19.1 Å². The second-order valence-corrected chi connectivity index (χ2v) is 3.39. The second kappa shape index (κ2) is 4.80. The van der Waals surface area contributed by atoms with Crippen LogP contribution >= 0.6 is 0 Å². The molecule has 0 bridgehead atoms. The number of anilines is 1. The van der Waals surface area contributed by atoms with Gasteiger partial charge in [0.2, 0.25) is 0 Å². The largest absolute Gasteiger partial charge is 0.468 e. The van der Waals surface area contributed by atoms with E-state index in [1.807, 2.05) is 0 Å². The SMILES string of the molecule is COCOc1ccc(N2C(=O)C=CC2=O)cc1. The lowest BCUT2D eigenvalue weighted by Gasteiger charge is -2.14. The minimum Gasteiger partial charge on any atom is -0.468 e. The Kier molecular flexibility index (Phi) is 3.20. The first-order chi connectivity index (χ1) is 8.22. The fraction of sp³-hybridized carbons (Fsp3) is 0.167. The Morgan fingerprint density at radius 1 is 1.06 bits per heavy atom. The maximum Gasteiger partial charge on any atom is 0.258 e. The van der Waals surface area contributed by atoms with Gasteiger partial charge in [-0.1, -0.05) is 0 Å². The maximum absolute atomic E-state index is 11.4. The molecule has 0 atom stereocenters. The van der Waals surface area contributed by atoms with Gasteiger partial charge in [0.1, 0.15) is 5.75 Å². The van der Waals surface area contributed by atoms with Crippen molar-refractivity contribution >= 4 is 17.5 Å². The minimum atomic E-state index is -0.333. The molecule has 1 aromatic rings. The highest BCUT2D eigenvalue weighted by Crippen LogP contribution is 2.22. The maximum atomic E-state index is 11.4. The molecule has 17 heavy (non-hydrogen) atoms. The lowest BCUT2D eigenvalue weighted by molar-refractivity contribution is -0.119. The molecule has 0 spiro atoms. The number of benzene rings is 1. The zero-order chi connectivity index (χ0) is 12.3. The number of amides is 2. The summed E-state index contributed by atoms with van der Waals surface area (Å²) in [6.45, 7) is 0.155. The molecule has 0 saturated carbocycles. The fourth-order valence-corrected chi connectivity index (χ4v) is 1.47. The predicted octanol–water partition coefficient (Wildman–Crippen LogP) is 1.10. The van der Waals surface area contributed by atoms with Gasteiger partial charge in [0.15, 0.2) is 6.79 Å². The number of imide groups is 1. The molecule has 0 saturated heterocycles. The molecule has 1 aliphatic heterocycles. The van der Waals surface area contributed by atoms with Crippen LogP contribution in [0.2, 0.25) is 0 Å². The molecule has 88 valence electrons. The smallest absolute Gasteiger partial charge is 0.258 e. The highest BCUT2D eigenvalue weighted by atomic mass is 16.7. The van der Waals surface area contributed by atoms with Gasteiger partial charge in [0.25, 0.3) is 11.8 Å². The summed E-state index contributed by atoms with van der Waals surface area (Å²) >= 11 is 0. The highest BCUT2D eigenvalue weighted by molar-refractivity contribution is 6.28. The van der Waals surface area contributed by atoms with E-state index in [4.69, 9.17) is 9.47 Å². The molecule has 1 aliphatic rings. The van der Waals surface area contributed by atoms with Crippen molar-refractivity contribution in [2.24, 2.45) is 0 Å². The zero-order valence-corrected chi connectivity index (χ0v) is 9.25. The van der Waals surface area contributed by atoms with Crippen molar-refractivity contribution in [3.05, 3.63) is 36.4 Å². The molecule has 0 radical (unpaired) electrons. The summed E-state index contributed by atoms with van der Waals surface area (Å²) in [5.41, 5.74) is 0.523. The molecular formula is C12H11NO4. The molecule has 5 nitrogen and oxygen atoms in total. The molecule has 2 amide bonds. The molecule has 2 rings (SSSR count). The number of ether oxygens (including phenoxy) is 2. The third-order valence-electron chi connectivity index (χ3n) is 2.25. The topological polar surface area (TPSA) is 55.8 Å². The van der Waals surface area contributed by atoms with Crippen molar-refractivity contribution in [1.82, 2.24) is 0 Å². The van der Waals surface area contributed by atoms with E-state index in [1.54, 1.807) is 24.3 Å². The number of nitrogens with zero attached hydrogens (tertiary/aromatic N) is 1. The van der Waals surface area contributed by atoms with Gasteiger partial charge in [0, 0.05) is 19.3 Å². The third kappa shape index (κ3) is 2.34. The summed E-state index contributed by atoms with van der Waals surface area (Å²) in [6.07, 6.45) is 2.50. The van der Waals surface area contributed by atoms with Crippen LogP contribution in [-0.2, 0) is 14.3 Å². The standard InChI is InChI=1S/C12H11NO4/c1-16-8-17-10-4-2-9(3-5-10)13-11(14)6-7-12(13)15/h2-7H,8H2,1H3. The van der Waals surface area contributed by atoms with Crippen molar-refractivity contribution in [2.75, 3.05) is 18.8 Å². The molecule has 0 fully saturated rings. The van der Waals surface area contributed by atoms with Gasteiger partial charge in [-0.3, -0.25) is 9.59 Å². The van der Waals surface area contributed by atoms with Crippen LogP contribution in [0.4, 0.5) is 5.69 Å². The Morgan fingerprint density at radius 2 is 1.65 bits per heavy atom. The summed E-state index contributed by atoms with van der Waals surface area (Å²) in [4.78, 5) is 23.9.